The molecular weight excluding hydrogens is 373 g/mol. The number of nitrogens with two attached hydrogens (primary N) is 1. The summed E-state index contributed by atoms with van der Waals surface area (Å²) < 4.78 is 19.7. The molecule has 0 bridgehead atoms. The van der Waals surface area contributed by atoms with Crippen molar-refractivity contribution in [2.75, 3.05) is 12.4 Å². The third-order valence-electron chi connectivity index (χ3n) is 3.87. The molecule has 1 aromatic heterocycles. The molecular formula is C19H21ClFN3O3. The van der Waals surface area contributed by atoms with Crippen LogP contribution in [0.1, 0.15) is 42.4 Å². The smallest absolute Gasteiger partial charge is 0.267 e. The number of carbonyl (C=O) groups is 2. The number of nitrogens with one attached hydrogen (secondary N) is 1. The standard InChI is InChI=1S/C19H21ClFN3O3/c1-19(2,3)15-16(12(21)9-23-17(15)18(22)26)24-14(25)8-10-7-11(20)5-6-13(10)27-4/h5-7,9H,8H2,1-4H3,(H2,22,26)(H,23,24,25). The number of primary amides is 1. The molecule has 27 heavy (non-hydrogen) atoms. The van der Waals surface area contributed by atoms with Crippen LogP contribution >= 0.6 is 11.6 Å². The lowest BCUT2D eigenvalue weighted by Crippen LogP contribution is -2.27. The Bertz CT molecular complexity index is 894. The lowest BCUT2D eigenvalue weighted by molar-refractivity contribution is -0.115. The molecule has 0 atom stereocenters. The number of methoxy groups -OCH3 is 1. The SMILES string of the molecule is COc1ccc(Cl)cc1CC(=O)Nc1c(F)cnc(C(N)=O)c1C(C)(C)C. The second kappa shape index (κ2) is 7.92. The molecule has 0 unspecified atom stereocenters. The first kappa shape index (κ1) is 20.6. The summed E-state index contributed by atoms with van der Waals surface area (Å²) in [6.45, 7) is 5.31. The number of amides is 2. The third-order valence-corrected chi connectivity index (χ3v) is 4.11. The van der Waals surface area contributed by atoms with Gasteiger partial charge < -0.3 is 15.8 Å². The maximum Gasteiger partial charge on any atom is 0.267 e. The number of nitrogens with zero attached hydrogens (tertiary/aromatic N) is 1. The third kappa shape index (κ3) is 4.74. The summed E-state index contributed by atoms with van der Waals surface area (Å²) in [7, 11) is 1.48. The van der Waals surface area contributed by atoms with Gasteiger partial charge in [0.15, 0.2) is 5.82 Å². The van der Waals surface area contributed by atoms with E-state index in [1.54, 1.807) is 39.0 Å². The number of halogens is 2. The van der Waals surface area contributed by atoms with Crippen LogP contribution in [0.2, 0.25) is 5.02 Å². The molecule has 0 saturated heterocycles. The van der Waals surface area contributed by atoms with Crippen LogP contribution in [0.25, 0.3) is 0 Å². The molecule has 0 aliphatic carbocycles. The molecule has 1 aromatic carbocycles. The zero-order valence-corrected chi connectivity index (χ0v) is 16.3. The Hall–Kier alpha value is -2.67. The van der Waals surface area contributed by atoms with Crippen molar-refractivity contribution in [2.24, 2.45) is 5.73 Å². The van der Waals surface area contributed by atoms with Gasteiger partial charge in [0.2, 0.25) is 5.91 Å². The number of benzene rings is 1. The van der Waals surface area contributed by atoms with Gasteiger partial charge in [-0.2, -0.15) is 0 Å². The van der Waals surface area contributed by atoms with Crippen LogP contribution < -0.4 is 15.8 Å². The first-order chi connectivity index (χ1) is 12.5. The zero-order valence-electron chi connectivity index (χ0n) is 15.5. The molecule has 0 aliphatic rings. The number of pyridine rings is 1. The summed E-state index contributed by atoms with van der Waals surface area (Å²) in [6, 6.07) is 4.88. The van der Waals surface area contributed by atoms with Gasteiger partial charge in [0.05, 0.1) is 25.4 Å². The van der Waals surface area contributed by atoms with Crippen molar-refractivity contribution < 1.29 is 18.7 Å². The Balaban J connectivity index is 2.43. The van der Waals surface area contributed by atoms with Crippen molar-refractivity contribution in [1.82, 2.24) is 4.98 Å². The second-order valence-corrected chi connectivity index (χ2v) is 7.44. The van der Waals surface area contributed by atoms with Crippen LogP contribution in [0.4, 0.5) is 10.1 Å². The van der Waals surface area contributed by atoms with E-state index >= 15 is 0 Å². The van der Waals surface area contributed by atoms with Crippen molar-refractivity contribution in [3.8, 4) is 5.75 Å². The summed E-state index contributed by atoms with van der Waals surface area (Å²) in [5.74, 6) is -1.57. The van der Waals surface area contributed by atoms with Gasteiger partial charge in [0.25, 0.3) is 5.91 Å². The van der Waals surface area contributed by atoms with E-state index in [1.807, 2.05) is 0 Å². The Morgan fingerprint density at radius 3 is 2.56 bits per heavy atom. The first-order valence-electron chi connectivity index (χ1n) is 8.15. The van der Waals surface area contributed by atoms with E-state index in [0.29, 0.717) is 16.3 Å². The lowest BCUT2D eigenvalue weighted by atomic mass is 9.84. The fraction of sp³-hybridized carbons (Fsp3) is 0.316. The molecule has 2 rings (SSSR count). The molecule has 0 radical (unpaired) electrons. The fourth-order valence-electron chi connectivity index (χ4n) is 2.77. The first-order valence-corrected chi connectivity index (χ1v) is 8.53. The second-order valence-electron chi connectivity index (χ2n) is 7.00. The highest BCUT2D eigenvalue weighted by Crippen LogP contribution is 2.34. The Kier molecular flexibility index (Phi) is 6.05. The Labute approximate surface area is 161 Å². The van der Waals surface area contributed by atoms with Crippen molar-refractivity contribution >= 4 is 29.1 Å². The van der Waals surface area contributed by atoms with E-state index in [9.17, 15) is 14.0 Å². The highest BCUT2D eigenvalue weighted by atomic mass is 35.5. The monoisotopic (exact) mass is 393 g/mol. The number of carbonyl (C=O) groups excluding carboxylic acids is 2. The average Bonchev–Trinajstić information content (AvgIpc) is 2.55. The molecule has 0 saturated carbocycles. The molecule has 3 N–H and O–H groups in total. The summed E-state index contributed by atoms with van der Waals surface area (Å²) in [6.07, 6.45) is 0.770. The predicted molar refractivity (Wildman–Crippen MR) is 102 cm³/mol. The van der Waals surface area contributed by atoms with Gasteiger partial charge in [-0.15, -0.1) is 0 Å². The largest absolute Gasteiger partial charge is 0.496 e. The maximum absolute atomic E-state index is 14.5. The molecule has 0 fully saturated rings. The van der Waals surface area contributed by atoms with E-state index in [2.05, 4.69) is 10.3 Å². The van der Waals surface area contributed by atoms with Crippen molar-refractivity contribution in [1.29, 1.82) is 0 Å². The maximum atomic E-state index is 14.5. The molecule has 8 heteroatoms. The van der Waals surface area contributed by atoms with E-state index in [0.717, 1.165) is 6.20 Å². The van der Waals surface area contributed by atoms with Gasteiger partial charge in [-0.3, -0.25) is 9.59 Å². The Morgan fingerprint density at radius 1 is 1.33 bits per heavy atom. The van der Waals surface area contributed by atoms with Crippen molar-refractivity contribution in [2.45, 2.75) is 32.6 Å². The van der Waals surface area contributed by atoms with E-state index in [1.165, 1.54) is 7.11 Å². The minimum Gasteiger partial charge on any atom is -0.496 e. The van der Waals surface area contributed by atoms with Crippen LogP contribution in [0, 0.1) is 5.82 Å². The van der Waals surface area contributed by atoms with Crippen LogP contribution in [0.5, 0.6) is 5.75 Å². The van der Waals surface area contributed by atoms with E-state index in [4.69, 9.17) is 22.1 Å². The van der Waals surface area contributed by atoms with Crippen LogP contribution in [-0.4, -0.2) is 23.9 Å². The number of aromatic nitrogens is 1. The van der Waals surface area contributed by atoms with E-state index in [-0.39, 0.29) is 23.4 Å². The van der Waals surface area contributed by atoms with Crippen LogP contribution in [0.3, 0.4) is 0 Å². The van der Waals surface area contributed by atoms with Gasteiger partial charge in [-0.05, 0) is 23.6 Å². The van der Waals surface area contributed by atoms with Gasteiger partial charge in [-0.1, -0.05) is 32.4 Å². The average molecular weight is 394 g/mol. The molecule has 0 aliphatic heterocycles. The minimum atomic E-state index is -0.799. The summed E-state index contributed by atoms with van der Waals surface area (Å²) in [4.78, 5) is 28.1. The molecule has 144 valence electrons. The molecule has 6 nitrogen and oxygen atoms in total. The number of rotatable bonds is 5. The lowest BCUT2D eigenvalue weighted by Gasteiger charge is -2.25. The number of anilines is 1. The highest BCUT2D eigenvalue weighted by molar-refractivity contribution is 6.30. The predicted octanol–water partition coefficient (Wildman–Crippen LogP) is 3.46. The summed E-state index contributed by atoms with van der Waals surface area (Å²) in [5, 5.41) is 2.98. The highest BCUT2D eigenvalue weighted by Gasteiger charge is 2.29. The number of hydrogen-bond acceptors (Lipinski definition) is 4. The summed E-state index contributed by atoms with van der Waals surface area (Å²) in [5.41, 5.74) is 5.27. The normalized spacial score (nSPS) is 11.2. The summed E-state index contributed by atoms with van der Waals surface area (Å²) >= 11 is 5.98. The van der Waals surface area contributed by atoms with Gasteiger partial charge >= 0.3 is 0 Å². The molecule has 2 amide bonds. The van der Waals surface area contributed by atoms with Gasteiger partial charge in [0, 0.05) is 16.1 Å². The van der Waals surface area contributed by atoms with Crippen molar-refractivity contribution in [3.05, 3.63) is 52.1 Å². The number of ether oxygens (including phenoxy) is 1. The fourth-order valence-corrected chi connectivity index (χ4v) is 2.96. The quantitative estimate of drug-likeness (QED) is 0.813. The molecule has 0 spiro atoms. The van der Waals surface area contributed by atoms with E-state index < -0.39 is 23.0 Å². The van der Waals surface area contributed by atoms with Crippen LogP contribution in [0.15, 0.2) is 24.4 Å². The molecule has 1 heterocycles. The Morgan fingerprint density at radius 2 is 2.00 bits per heavy atom. The number of hydrogen-bond donors (Lipinski definition) is 2. The van der Waals surface area contributed by atoms with Gasteiger partial charge in [0.1, 0.15) is 11.4 Å². The van der Waals surface area contributed by atoms with Crippen LogP contribution in [-0.2, 0) is 16.6 Å². The molecule has 2 aromatic rings. The van der Waals surface area contributed by atoms with Crippen molar-refractivity contribution in [3.63, 3.8) is 0 Å². The zero-order chi connectivity index (χ0) is 20.4. The topological polar surface area (TPSA) is 94.3 Å². The van der Waals surface area contributed by atoms with Gasteiger partial charge in [-0.25, -0.2) is 9.37 Å². The minimum absolute atomic E-state index is 0.0838.